The molecule has 3 aromatic heterocycles. The van der Waals surface area contributed by atoms with Gasteiger partial charge in [-0.2, -0.15) is 36.4 Å². The molecule has 0 saturated carbocycles. The lowest BCUT2D eigenvalue weighted by molar-refractivity contribution is -0.192. The summed E-state index contributed by atoms with van der Waals surface area (Å²) in [7, 11) is 2.10. The molecule has 14 nitrogen and oxygen atoms in total. The van der Waals surface area contributed by atoms with Gasteiger partial charge < -0.3 is 30.3 Å². The highest BCUT2D eigenvalue weighted by atomic mass is 19.4. The summed E-state index contributed by atoms with van der Waals surface area (Å²) in [6, 6.07) is 1.99. The molecule has 0 amide bonds. The molecular weight excluding hydrogens is 628 g/mol. The van der Waals surface area contributed by atoms with Gasteiger partial charge in [0.2, 0.25) is 5.95 Å². The number of nitrogens with zero attached hydrogens (tertiary/aromatic N) is 9. The van der Waals surface area contributed by atoms with Crippen LogP contribution >= 0.6 is 0 Å². The van der Waals surface area contributed by atoms with E-state index in [0.29, 0.717) is 35.2 Å². The fourth-order valence-electron chi connectivity index (χ4n) is 4.79. The van der Waals surface area contributed by atoms with E-state index in [9.17, 15) is 26.3 Å². The van der Waals surface area contributed by atoms with Gasteiger partial charge >= 0.3 is 18.3 Å². The zero-order valence-electron chi connectivity index (χ0n) is 25.1. The molecule has 5 heterocycles. The number of hydrogen-bond donors (Lipinski definition) is 3. The Morgan fingerprint density at radius 3 is 2.46 bits per heavy atom. The lowest BCUT2D eigenvalue weighted by atomic mass is 10.2. The van der Waals surface area contributed by atoms with E-state index in [1.165, 1.54) is 6.33 Å². The van der Waals surface area contributed by atoms with Gasteiger partial charge in [-0.3, -0.25) is 9.58 Å². The second kappa shape index (κ2) is 15.1. The lowest BCUT2D eigenvalue weighted by Crippen LogP contribution is -2.49. The molecular formula is C26H35F6N11O3. The van der Waals surface area contributed by atoms with Gasteiger partial charge in [0.1, 0.15) is 35.5 Å². The first-order valence-corrected chi connectivity index (χ1v) is 14.3. The largest absolute Gasteiger partial charge is 0.490 e. The van der Waals surface area contributed by atoms with Crippen molar-refractivity contribution in [2.75, 3.05) is 76.3 Å². The van der Waals surface area contributed by atoms with Crippen molar-refractivity contribution in [2.45, 2.75) is 38.4 Å². The van der Waals surface area contributed by atoms with Crippen molar-refractivity contribution in [1.29, 1.82) is 0 Å². The number of carboxylic acids is 1. The van der Waals surface area contributed by atoms with Crippen molar-refractivity contribution in [1.82, 2.24) is 44.8 Å². The summed E-state index contributed by atoms with van der Waals surface area (Å²) in [4.78, 5) is 33.7. The molecule has 0 bridgehead atoms. The Bertz CT molecular complexity index is 1430. The highest BCUT2D eigenvalue weighted by Gasteiger charge is 2.38. The van der Waals surface area contributed by atoms with Crippen molar-refractivity contribution < 1.29 is 41.0 Å². The van der Waals surface area contributed by atoms with E-state index in [1.54, 1.807) is 16.9 Å². The molecule has 3 aromatic rings. The number of hydrogen-bond acceptors (Lipinski definition) is 12. The van der Waals surface area contributed by atoms with E-state index in [-0.39, 0.29) is 19.2 Å². The molecule has 5 rings (SSSR count). The number of aromatic nitrogens is 6. The number of likely N-dealkylation sites (N-methyl/N-ethyl adjacent to an activating group) is 1. The molecule has 0 aromatic carbocycles. The van der Waals surface area contributed by atoms with Crippen LogP contribution in [0.15, 0.2) is 18.6 Å². The Balaban J connectivity index is 0.000000617. The number of fused-ring (bicyclic) bond motifs is 1. The van der Waals surface area contributed by atoms with Crippen LogP contribution in [0.5, 0.6) is 0 Å². The Hall–Kier alpha value is -3.88. The second-order valence-electron chi connectivity index (χ2n) is 10.8. The molecule has 2 aliphatic rings. The number of carbonyl (C=O) groups is 1. The van der Waals surface area contributed by atoms with Gasteiger partial charge in [-0.15, -0.1) is 0 Å². The third kappa shape index (κ3) is 10.1. The van der Waals surface area contributed by atoms with Crippen LogP contribution in [0.1, 0.15) is 12.6 Å². The lowest BCUT2D eigenvalue weighted by Gasteiger charge is -2.32. The van der Waals surface area contributed by atoms with Crippen LogP contribution in [0.2, 0.25) is 0 Å². The van der Waals surface area contributed by atoms with Gasteiger partial charge in [0.25, 0.3) is 0 Å². The van der Waals surface area contributed by atoms with E-state index in [4.69, 9.17) is 29.7 Å². The van der Waals surface area contributed by atoms with Gasteiger partial charge in [0.05, 0.1) is 13.2 Å². The van der Waals surface area contributed by atoms with Crippen molar-refractivity contribution in [3.05, 3.63) is 24.3 Å². The van der Waals surface area contributed by atoms with Crippen molar-refractivity contribution >= 4 is 34.6 Å². The van der Waals surface area contributed by atoms with Gasteiger partial charge in [-0.05, 0) is 20.0 Å². The molecule has 3 N–H and O–H groups in total. The molecule has 0 radical (unpaired) electrons. The highest BCUT2D eigenvalue weighted by molar-refractivity contribution is 5.90. The fraction of sp³-hybridized carbons (Fsp3) is 0.615. The SMILES string of the molecule is C[C@@H]1CN(c2nc(Nc3ccncn3)c3c(n2)c(CN2CCN(C)CC2)nn3CCOCC(F)(F)F)CCN1.O=C(O)C(F)(F)F. The molecule has 254 valence electrons. The summed E-state index contributed by atoms with van der Waals surface area (Å²) in [5, 5.41) is 18.7. The smallest absolute Gasteiger partial charge is 0.475 e. The normalized spacial score (nSPS) is 18.3. The standard InChI is InChI=1S/C24H34F3N11O.C2HF3O2/c1-17-13-37(6-5-29-17)23-32-20-18(14-36-9-7-35(2)8-10-36)34-38(11-12-39-15-24(25,26)27)21(20)22(33-23)31-19-3-4-28-16-30-19;3-2(4,5)1(6)7/h3-4,16-17,29H,5-15H2,1-2H3,(H,28,30,31,32,33);(H,6,7)/t17-;/m1./s1. The molecule has 0 unspecified atom stereocenters. The van der Waals surface area contributed by atoms with Crippen LogP contribution in [0, 0.1) is 0 Å². The number of rotatable bonds is 9. The summed E-state index contributed by atoms with van der Waals surface area (Å²) in [5.41, 5.74) is 2.01. The van der Waals surface area contributed by atoms with Crippen molar-refractivity contribution in [3.63, 3.8) is 0 Å². The topological polar surface area (TPSA) is 150 Å². The summed E-state index contributed by atoms with van der Waals surface area (Å²) in [6.45, 7) is 7.29. The molecule has 2 saturated heterocycles. The monoisotopic (exact) mass is 663 g/mol. The average molecular weight is 664 g/mol. The first kappa shape index (κ1) is 35.0. The number of ether oxygens (including phenoxy) is 1. The summed E-state index contributed by atoms with van der Waals surface area (Å²) < 4.78 is 76.3. The van der Waals surface area contributed by atoms with Gasteiger partial charge in [-0.25, -0.2) is 19.7 Å². The number of nitrogens with one attached hydrogen (secondary N) is 2. The Morgan fingerprint density at radius 1 is 1.13 bits per heavy atom. The minimum absolute atomic E-state index is 0.112. The van der Waals surface area contributed by atoms with E-state index in [0.717, 1.165) is 51.5 Å². The molecule has 2 fully saturated rings. The van der Waals surface area contributed by atoms with E-state index in [1.807, 2.05) is 0 Å². The molecule has 1 atom stereocenters. The average Bonchev–Trinajstić information content (AvgIpc) is 3.33. The summed E-state index contributed by atoms with van der Waals surface area (Å²) in [5.74, 6) is -1.17. The van der Waals surface area contributed by atoms with Crippen LogP contribution in [-0.4, -0.2) is 135 Å². The first-order valence-electron chi connectivity index (χ1n) is 14.3. The third-order valence-corrected chi connectivity index (χ3v) is 7.05. The van der Waals surface area contributed by atoms with Crippen LogP contribution in [0.3, 0.4) is 0 Å². The molecule has 46 heavy (non-hydrogen) atoms. The number of aliphatic carboxylic acids is 1. The number of anilines is 3. The zero-order valence-corrected chi connectivity index (χ0v) is 25.1. The molecule has 2 aliphatic heterocycles. The predicted octanol–water partition coefficient (Wildman–Crippen LogP) is 2.12. The maximum atomic E-state index is 12.7. The van der Waals surface area contributed by atoms with E-state index < -0.39 is 24.9 Å². The van der Waals surface area contributed by atoms with Gasteiger partial charge in [-0.1, -0.05) is 0 Å². The summed E-state index contributed by atoms with van der Waals surface area (Å²) in [6.07, 6.45) is -6.43. The van der Waals surface area contributed by atoms with E-state index >= 15 is 0 Å². The van der Waals surface area contributed by atoms with E-state index in [2.05, 4.69) is 49.3 Å². The van der Waals surface area contributed by atoms with Crippen LogP contribution in [0.25, 0.3) is 11.0 Å². The fourth-order valence-corrected chi connectivity index (χ4v) is 4.79. The Labute approximate surface area is 259 Å². The molecule has 0 aliphatic carbocycles. The summed E-state index contributed by atoms with van der Waals surface area (Å²) >= 11 is 0. The second-order valence-corrected chi connectivity index (χ2v) is 10.8. The minimum Gasteiger partial charge on any atom is -0.475 e. The molecule has 20 heteroatoms. The molecule has 0 spiro atoms. The number of halogens is 6. The zero-order chi connectivity index (χ0) is 33.5. The van der Waals surface area contributed by atoms with Gasteiger partial charge in [0, 0.05) is 64.6 Å². The van der Waals surface area contributed by atoms with Crippen molar-refractivity contribution in [2.24, 2.45) is 0 Å². The quantitative estimate of drug-likeness (QED) is 0.227. The van der Waals surface area contributed by atoms with Crippen LogP contribution < -0.4 is 15.5 Å². The van der Waals surface area contributed by atoms with Gasteiger partial charge in [0.15, 0.2) is 5.82 Å². The van der Waals surface area contributed by atoms with Crippen LogP contribution in [0.4, 0.5) is 43.9 Å². The Morgan fingerprint density at radius 2 is 1.85 bits per heavy atom. The minimum atomic E-state index is -5.08. The number of alkyl halides is 6. The highest BCUT2D eigenvalue weighted by Crippen LogP contribution is 2.30. The third-order valence-electron chi connectivity index (χ3n) is 7.05. The first-order chi connectivity index (χ1) is 21.7. The number of piperazine rings is 2. The number of carboxylic acid groups (broad SMARTS) is 1. The van der Waals surface area contributed by atoms with Crippen molar-refractivity contribution in [3.8, 4) is 0 Å². The Kier molecular flexibility index (Phi) is 11.5. The maximum absolute atomic E-state index is 12.7. The predicted molar refractivity (Wildman–Crippen MR) is 154 cm³/mol. The maximum Gasteiger partial charge on any atom is 0.490 e. The van der Waals surface area contributed by atoms with Crippen LogP contribution in [-0.2, 0) is 22.6 Å².